The molecule has 0 aliphatic carbocycles. The van der Waals surface area contributed by atoms with E-state index in [1.54, 1.807) is 30.3 Å². The van der Waals surface area contributed by atoms with Crippen molar-refractivity contribution in [2.45, 2.75) is 16.7 Å². The smallest absolute Gasteiger partial charge is 0.247 e. The van der Waals surface area contributed by atoms with Crippen LogP contribution >= 0.6 is 0 Å². The summed E-state index contributed by atoms with van der Waals surface area (Å²) in [5.74, 6) is -0.389. The molecule has 0 spiro atoms. The van der Waals surface area contributed by atoms with Crippen molar-refractivity contribution >= 4 is 21.4 Å². The molecule has 0 aromatic heterocycles. The van der Waals surface area contributed by atoms with Crippen LogP contribution in [0.3, 0.4) is 0 Å². The lowest BCUT2D eigenvalue weighted by Gasteiger charge is -2.08. The van der Waals surface area contributed by atoms with E-state index < -0.39 is 9.84 Å². The first-order valence-corrected chi connectivity index (χ1v) is 7.77. The molecule has 0 aliphatic heterocycles. The van der Waals surface area contributed by atoms with Crippen LogP contribution in [-0.4, -0.2) is 14.3 Å². The highest BCUT2D eigenvalue weighted by Gasteiger charge is 2.18. The molecular weight excluding hydrogens is 286 g/mol. The van der Waals surface area contributed by atoms with Gasteiger partial charge < -0.3 is 5.32 Å². The van der Waals surface area contributed by atoms with Gasteiger partial charge >= 0.3 is 0 Å². The Morgan fingerprint density at radius 3 is 2.33 bits per heavy atom. The average molecular weight is 301 g/mol. The second-order valence-corrected chi connectivity index (χ2v) is 6.49. The molecule has 108 valence electrons. The number of nitrogens with one attached hydrogen (secondary N) is 1. The number of sulfone groups is 1. The van der Waals surface area contributed by atoms with E-state index in [4.69, 9.17) is 0 Å². The maximum Gasteiger partial charge on any atom is 0.247 e. The van der Waals surface area contributed by atoms with E-state index in [0.717, 1.165) is 11.6 Å². The van der Waals surface area contributed by atoms with Crippen molar-refractivity contribution in [1.29, 1.82) is 0 Å². The molecule has 1 amide bonds. The minimum Gasteiger partial charge on any atom is -0.322 e. The Bertz CT molecular complexity index is 795. The Morgan fingerprint density at radius 2 is 1.71 bits per heavy atom. The summed E-state index contributed by atoms with van der Waals surface area (Å²) in [6.07, 6.45) is 1.13. The molecule has 0 aliphatic rings. The molecular formula is C16H15NO3S. The lowest BCUT2D eigenvalue weighted by atomic mass is 10.2. The van der Waals surface area contributed by atoms with Crippen molar-refractivity contribution in [3.05, 3.63) is 66.7 Å². The van der Waals surface area contributed by atoms with Crippen LogP contribution in [-0.2, 0) is 14.6 Å². The number of carbonyl (C=O) groups is 1. The number of amides is 1. The Balaban J connectivity index is 2.43. The number of carbonyl (C=O) groups excluding carboxylic acids is 1. The monoisotopic (exact) mass is 301 g/mol. The molecule has 2 rings (SSSR count). The fourth-order valence-electron chi connectivity index (χ4n) is 1.85. The summed E-state index contributed by atoms with van der Waals surface area (Å²) in [5, 5.41) is 2.55. The van der Waals surface area contributed by atoms with Gasteiger partial charge in [0, 0.05) is 5.69 Å². The molecule has 0 bridgehead atoms. The zero-order valence-corrected chi connectivity index (χ0v) is 12.4. The summed E-state index contributed by atoms with van der Waals surface area (Å²) >= 11 is 0. The van der Waals surface area contributed by atoms with E-state index in [2.05, 4.69) is 11.9 Å². The number of rotatable bonds is 4. The first kappa shape index (κ1) is 15.0. The fourth-order valence-corrected chi connectivity index (χ4v) is 3.26. The first-order chi connectivity index (χ1) is 9.93. The number of aryl methyl sites for hydroxylation is 1. The predicted octanol–water partition coefficient (Wildman–Crippen LogP) is 2.95. The number of benzene rings is 2. The molecule has 0 radical (unpaired) electrons. The maximum absolute atomic E-state index is 12.6. The van der Waals surface area contributed by atoms with E-state index in [0.29, 0.717) is 5.69 Å². The van der Waals surface area contributed by atoms with Gasteiger partial charge in [-0.25, -0.2) is 8.42 Å². The van der Waals surface area contributed by atoms with E-state index in [9.17, 15) is 13.2 Å². The van der Waals surface area contributed by atoms with Crippen molar-refractivity contribution in [2.75, 3.05) is 5.32 Å². The normalized spacial score (nSPS) is 10.9. The maximum atomic E-state index is 12.6. The van der Waals surface area contributed by atoms with E-state index in [1.165, 1.54) is 12.1 Å². The topological polar surface area (TPSA) is 63.2 Å². The molecule has 2 aromatic rings. The van der Waals surface area contributed by atoms with Crippen LogP contribution in [0.15, 0.2) is 71.0 Å². The third kappa shape index (κ3) is 3.38. The third-order valence-corrected chi connectivity index (χ3v) is 4.65. The van der Waals surface area contributed by atoms with Gasteiger partial charge in [-0.1, -0.05) is 24.8 Å². The lowest BCUT2D eigenvalue weighted by Crippen LogP contribution is -2.08. The number of hydrogen-bond donors (Lipinski definition) is 1. The van der Waals surface area contributed by atoms with Crippen LogP contribution in [0.25, 0.3) is 0 Å². The van der Waals surface area contributed by atoms with Crippen LogP contribution in [0.5, 0.6) is 0 Å². The van der Waals surface area contributed by atoms with Crippen LogP contribution < -0.4 is 5.32 Å². The predicted molar refractivity (Wildman–Crippen MR) is 81.9 cm³/mol. The quantitative estimate of drug-likeness (QED) is 0.883. The first-order valence-electron chi connectivity index (χ1n) is 6.29. The summed E-state index contributed by atoms with van der Waals surface area (Å²) in [4.78, 5) is 11.6. The molecule has 0 saturated carbocycles. The summed E-state index contributed by atoms with van der Waals surface area (Å²) < 4.78 is 25.1. The molecule has 0 fully saturated rings. The molecule has 0 saturated heterocycles. The second-order valence-electron chi connectivity index (χ2n) is 4.54. The highest BCUT2D eigenvalue weighted by atomic mass is 32.2. The van der Waals surface area contributed by atoms with E-state index >= 15 is 0 Å². The van der Waals surface area contributed by atoms with Gasteiger partial charge in [0.2, 0.25) is 15.7 Å². The van der Waals surface area contributed by atoms with Crippen molar-refractivity contribution in [3.63, 3.8) is 0 Å². The molecule has 5 heteroatoms. The average Bonchev–Trinajstić information content (AvgIpc) is 2.47. The Hall–Kier alpha value is -2.40. The molecule has 21 heavy (non-hydrogen) atoms. The van der Waals surface area contributed by atoms with Crippen molar-refractivity contribution in [1.82, 2.24) is 0 Å². The summed E-state index contributed by atoms with van der Waals surface area (Å²) in [7, 11) is -3.60. The zero-order valence-electron chi connectivity index (χ0n) is 11.5. The number of anilines is 1. The third-order valence-electron chi connectivity index (χ3n) is 2.90. The van der Waals surface area contributed by atoms with Crippen molar-refractivity contribution in [2.24, 2.45) is 0 Å². The largest absolute Gasteiger partial charge is 0.322 e. The fraction of sp³-hybridized carbons (Fsp3) is 0.0625. The van der Waals surface area contributed by atoms with Gasteiger partial charge in [-0.15, -0.1) is 0 Å². The second kappa shape index (κ2) is 5.93. The minimum absolute atomic E-state index is 0.134. The van der Waals surface area contributed by atoms with Crippen LogP contribution in [0.4, 0.5) is 5.69 Å². The molecule has 0 atom stereocenters. The van der Waals surface area contributed by atoms with Crippen molar-refractivity contribution in [3.8, 4) is 0 Å². The van der Waals surface area contributed by atoms with Crippen molar-refractivity contribution < 1.29 is 13.2 Å². The van der Waals surface area contributed by atoms with Gasteiger partial charge in [0.15, 0.2) is 0 Å². The van der Waals surface area contributed by atoms with E-state index in [-0.39, 0.29) is 15.7 Å². The SMILES string of the molecule is C=CC(=O)Nc1cccc(S(=O)(=O)c2cccc(C)c2)c1. The van der Waals surface area contributed by atoms with Crippen LogP contribution in [0.1, 0.15) is 5.56 Å². The number of hydrogen-bond acceptors (Lipinski definition) is 3. The molecule has 1 N–H and O–H groups in total. The summed E-state index contributed by atoms with van der Waals surface area (Å²) in [6, 6.07) is 12.8. The van der Waals surface area contributed by atoms with Crippen LogP contribution in [0.2, 0.25) is 0 Å². The molecule has 0 heterocycles. The van der Waals surface area contributed by atoms with Gasteiger partial charge in [0.05, 0.1) is 9.79 Å². The zero-order chi connectivity index (χ0) is 15.5. The molecule has 0 unspecified atom stereocenters. The van der Waals surface area contributed by atoms with E-state index in [1.807, 2.05) is 13.0 Å². The van der Waals surface area contributed by atoms with Gasteiger partial charge in [-0.3, -0.25) is 4.79 Å². The standard InChI is InChI=1S/C16H15NO3S/c1-3-16(18)17-13-7-5-9-15(11-13)21(19,20)14-8-4-6-12(2)10-14/h3-11H,1H2,2H3,(H,17,18). The Kier molecular flexibility index (Phi) is 4.23. The molecule has 4 nitrogen and oxygen atoms in total. The summed E-state index contributed by atoms with van der Waals surface area (Å²) in [5.41, 5.74) is 1.28. The minimum atomic E-state index is -3.60. The lowest BCUT2D eigenvalue weighted by molar-refractivity contribution is -0.111. The highest BCUT2D eigenvalue weighted by Crippen LogP contribution is 2.23. The van der Waals surface area contributed by atoms with Crippen LogP contribution in [0, 0.1) is 6.92 Å². The summed E-state index contributed by atoms with van der Waals surface area (Å²) in [6.45, 7) is 5.19. The molecule has 2 aromatic carbocycles. The van der Waals surface area contributed by atoms with Gasteiger partial charge in [-0.05, 0) is 48.9 Å². The Morgan fingerprint density at radius 1 is 1.10 bits per heavy atom. The van der Waals surface area contributed by atoms with Gasteiger partial charge in [0.1, 0.15) is 0 Å². The highest BCUT2D eigenvalue weighted by molar-refractivity contribution is 7.91. The van der Waals surface area contributed by atoms with Gasteiger partial charge in [0.25, 0.3) is 0 Å². The van der Waals surface area contributed by atoms with Gasteiger partial charge in [-0.2, -0.15) is 0 Å². The Labute approximate surface area is 124 Å².